The van der Waals surface area contributed by atoms with Crippen molar-refractivity contribution in [2.75, 3.05) is 19.7 Å². The average Bonchev–Trinajstić information content (AvgIpc) is 2.64. The normalized spacial score (nSPS) is 23.2. The van der Waals surface area contributed by atoms with Gasteiger partial charge in [-0.3, -0.25) is 9.58 Å². The summed E-state index contributed by atoms with van der Waals surface area (Å²) >= 11 is 6.36. The van der Waals surface area contributed by atoms with Crippen LogP contribution in [-0.4, -0.2) is 51.2 Å². The molecule has 1 aromatic heterocycles. The number of halogens is 1. The van der Waals surface area contributed by atoms with Gasteiger partial charge in [-0.2, -0.15) is 5.10 Å². The highest BCUT2D eigenvalue weighted by molar-refractivity contribution is 6.31. The van der Waals surface area contributed by atoms with E-state index in [2.05, 4.69) is 16.9 Å². The predicted molar refractivity (Wildman–Crippen MR) is 79.0 cm³/mol. The van der Waals surface area contributed by atoms with Gasteiger partial charge in [-0.15, -0.1) is 0 Å². The Morgan fingerprint density at radius 2 is 2.20 bits per heavy atom. The third kappa shape index (κ3) is 3.34. The molecular weight excluding hydrogens is 278 g/mol. The van der Waals surface area contributed by atoms with E-state index in [1.54, 1.807) is 0 Å². The third-order valence-electron chi connectivity index (χ3n) is 3.58. The largest absolute Gasteiger partial charge is 0.394 e. The number of aryl methyl sites for hydroxylation is 2. The molecule has 1 fully saturated rings. The number of morpholine rings is 1. The van der Waals surface area contributed by atoms with Crippen molar-refractivity contribution in [1.82, 2.24) is 14.7 Å². The van der Waals surface area contributed by atoms with Crippen LogP contribution < -0.4 is 0 Å². The molecule has 5 nitrogen and oxygen atoms in total. The van der Waals surface area contributed by atoms with Gasteiger partial charge in [0, 0.05) is 26.2 Å². The molecule has 0 amide bonds. The zero-order valence-corrected chi connectivity index (χ0v) is 13.4. The molecule has 0 spiro atoms. The van der Waals surface area contributed by atoms with Crippen molar-refractivity contribution >= 4 is 11.6 Å². The first-order valence-electron chi connectivity index (χ1n) is 7.09. The van der Waals surface area contributed by atoms with Gasteiger partial charge in [0.1, 0.15) is 0 Å². The zero-order chi connectivity index (χ0) is 14.9. The van der Waals surface area contributed by atoms with Crippen molar-refractivity contribution in [1.29, 1.82) is 0 Å². The van der Waals surface area contributed by atoms with E-state index in [0.29, 0.717) is 6.54 Å². The van der Waals surface area contributed by atoms with Crippen molar-refractivity contribution in [3.8, 4) is 0 Å². The summed E-state index contributed by atoms with van der Waals surface area (Å²) in [5.74, 6) is 0. The quantitative estimate of drug-likeness (QED) is 0.922. The maximum atomic E-state index is 9.37. The molecule has 1 aliphatic rings. The van der Waals surface area contributed by atoms with Crippen LogP contribution in [0, 0.1) is 6.92 Å². The smallest absolute Gasteiger partial charge is 0.0940 e. The molecule has 1 saturated heterocycles. The lowest BCUT2D eigenvalue weighted by Gasteiger charge is -2.42. The summed E-state index contributed by atoms with van der Waals surface area (Å²) in [4.78, 5) is 2.28. The lowest BCUT2D eigenvalue weighted by atomic mass is 10.1. The molecule has 20 heavy (non-hydrogen) atoms. The molecular formula is C14H24ClN3O2. The van der Waals surface area contributed by atoms with Gasteiger partial charge in [0.05, 0.1) is 34.7 Å². The number of nitrogens with zero attached hydrogens (tertiary/aromatic N) is 3. The van der Waals surface area contributed by atoms with Gasteiger partial charge >= 0.3 is 0 Å². The second-order valence-corrected chi connectivity index (χ2v) is 6.39. The topological polar surface area (TPSA) is 50.5 Å². The van der Waals surface area contributed by atoms with Crippen molar-refractivity contribution < 1.29 is 9.84 Å². The van der Waals surface area contributed by atoms with Crippen LogP contribution in [0.5, 0.6) is 0 Å². The van der Waals surface area contributed by atoms with Crippen molar-refractivity contribution in [2.24, 2.45) is 0 Å². The van der Waals surface area contributed by atoms with Crippen LogP contribution in [0.15, 0.2) is 0 Å². The number of hydrogen-bond donors (Lipinski definition) is 1. The number of aromatic nitrogens is 2. The molecule has 0 saturated carbocycles. The Hall–Kier alpha value is -0.620. The van der Waals surface area contributed by atoms with Crippen LogP contribution in [0.4, 0.5) is 0 Å². The summed E-state index contributed by atoms with van der Waals surface area (Å²) < 4.78 is 7.79. The minimum Gasteiger partial charge on any atom is -0.394 e. The van der Waals surface area contributed by atoms with Crippen molar-refractivity contribution in [3.05, 3.63) is 16.4 Å². The van der Waals surface area contributed by atoms with E-state index in [-0.39, 0.29) is 18.3 Å². The number of rotatable bonds is 4. The first-order chi connectivity index (χ1) is 9.36. The van der Waals surface area contributed by atoms with Crippen LogP contribution in [0.1, 0.15) is 32.2 Å². The Bertz CT molecular complexity index is 473. The Balaban J connectivity index is 2.17. The Labute approximate surface area is 125 Å². The van der Waals surface area contributed by atoms with Gasteiger partial charge in [0.15, 0.2) is 0 Å². The van der Waals surface area contributed by atoms with Crippen LogP contribution in [-0.2, 0) is 17.8 Å². The molecule has 1 aromatic rings. The SMILES string of the molecule is CCn1nc(C)c(Cl)c1CN1CC(CO)OC(C)(C)C1. The molecule has 0 bridgehead atoms. The van der Waals surface area contributed by atoms with Gasteiger partial charge in [-0.1, -0.05) is 11.6 Å². The second kappa shape index (κ2) is 6.02. The summed E-state index contributed by atoms with van der Waals surface area (Å²) in [7, 11) is 0. The zero-order valence-electron chi connectivity index (χ0n) is 12.7. The maximum Gasteiger partial charge on any atom is 0.0940 e. The third-order valence-corrected chi connectivity index (χ3v) is 4.07. The van der Waals surface area contributed by atoms with Crippen LogP contribution in [0.3, 0.4) is 0 Å². The van der Waals surface area contributed by atoms with E-state index in [1.165, 1.54) is 0 Å². The fourth-order valence-corrected chi connectivity index (χ4v) is 3.06. The number of aliphatic hydroxyl groups excluding tert-OH is 1. The molecule has 0 aromatic carbocycles. The molecule has 1 unspecified atom stereocenters. The molecule has 2 rings (SSSR count). The van der Waals surface area contributed by atoms with Gasteiger partial charge in [0.2, 0.25) is 0 Å². The van der Waals surface area contributed by atoms with Gasteiger partial charge in [-0.05, 0) is 27.7 Å². The van der Waals surface area contributed by atoms with Crippen LogP contribution >= 0.6 is 11.6 Å². The van der Waals surface area contributed by atoms with Crippen molar-refractivity contribution in [3.63, 3.8) is 0 Å². The summed E-state index contributed by atoms with van der Waals surface area (Å²) in [5.41, 5.74) is 1.65. The molecule has 0 aliphatic carbocycles. The van der Waals surface area contributed by atoms with Gasteiger partial charge in [0.25, 0.3) is 0 Å². The average molecular weight is 302 g/mol. The van der Waals surface area contributed by atoms with E-state index in [0.717, 1.165) is 36.0 Å². The van der Waals surface area contributed by atoms with E-state index in [4.69, 9.17) is 16.3 Å². The van der Waals surface area contributed by atoms with Gasteiger partial charge < -0.3 is 9.84 Å². The predicted octanol–water partition coefficient (Wildman–Crippen LogP) is 1.84. The van der Waals surface area contributed by atoms with Crippen molar-refractivity contribution in [2.45, 2.75) is 52.5 Å². The summed E-state index contributed by atoms with van der Waals surface area (Å²) in [5, 5.41) is 14.6. The molecule has 0 radical (unpaired) electrons. The molecule has 1 aliphatic heterocycles. The molecule has 6 heteroatoms. The van der Waals surface area contributed by atoms with E-state index >= 15 is 0 Å². The second-order valence-electron chi connectivity index (χ2n) is 6.01. The fraction of sp³-hybridized carbons (Fsp3) is 0.786. The fourth-order valence-electron chi connectivity index (χ4n) is 2.86. The highest BCUT2D eigenvalue weighted by Crippen LogP contribution is 2.26. The van der Waals surface area contributed by atoms with Crippen LogP contribution in [0.2, 0.25) is 5.02 Å². The summed E-state index contributed by atoms with van der Waals surface area (Å²) in [6, 6.07) is 0. The number of aliphatic hydroxyl groups is 1. The monoisotopic (exact) mass is 301 g/mol. The number of hydrogen-bond acceptors (Lipinski definition) is 4. The Morgan fingerprint density at radius 3 is 2.80 bits per heavy atom. The minimum atomic E-state index is -0.260. The summed E-state index contributed by atoms with van der Waals surface area (Å²) in [6.45, 7) is 11.2. The minimum absolute atomic E-state index is 0.0414. The lowest BCUT2D eigenvalue weighted by Crippen LogP contribution is -2.53. The molecule has 2 heterocycles. The molecule has 1 N–H and O–H groups in total. The van der Waals surface area contributed by atoms with Crippen LogP contribution in [0.25, 0.3) is 0 Å². The van der Waals surface area contributed by atoms with E-state index in [1.807, 2.05) is 25.5 Å². The standard InChI is InChI=1S/C14H24ClN3O2/c1-5-18-12(13(15)10(2)16-18)7-17-6-11(8-19)20-14(3,4)9-17/h11,19H,5-9H2,1-4H3. The first-order valence-corrected chi connectivity index (χ1v) is 7.47. The summed E-state index contributed by atoms with van der Waals surface area (Å²) in [6.07, 6.45) is -0.142. The van der Waals surface area contributed by atoms with Gasteiger partial charge in [-0.25, -0.2) is 0 Å². The maximum absolute atomic E-state index is 9.37. The first kappa shape index (κ1) is 15.8. The lowest BCUT2D eigenvalue weighted by molar-refractivity contribution is -0.151. The highest BCUT2D eigenvalue weighted by Gasteiger charge is 2.33. The Kier molecular flexibility index (Phi) is 4.74. The Morgan fingerprint density at radius 1 is 1.50 bits per heavy atom. The van der Waals surface area contributed by atoms with E-state index < -0.39 is 0 Å². The number of ether oxygens (including phenoxy) is 1. The molecule has 1 atom stereocenters. The highest BCUT2D eigenvalue weighted by atomic mass is 35.5. The molecule has 114 valence electrons. The van der Waals surface area contributed by atoms with E-state index in [9.17, 15) is 5.11 Å².